The van der Waals surface area contributed by atoms with E-state index >= 15 is 0 Å². The number of piperidine rings is 1. The summed E-state index contributed by atoms with van der Waals surface area (Å²) < 4.78 is 10.8. The molecule has 24 heavy (non-hydrogen) atoms. The molecule has 1 aromatic rings. The quantitative estimate of drug-likeness (QED) is 0.863. The first-order valence-electron chi connectivity index (χ1n) is 9.14. The van der Waals surface area contributed by atoms with Crippen LogP contribution in [0.15, 0.2) is 4.42 Å². The lowest BCUT2D eigenvalue weighted by Gasteiger charge is -2.32. The maximum Gasteiger partial charge on any atom is 0.289 e. The zero-order valence-corrected chi connectivity index (χ0v) is 14.8. The maximum absolute atomic E-state index is 12.2. The van der Waals surface area contributed by atoms with Crippen LogP contribution in [0, 0.1) is 25.7 Å². The van der Waals surface area contributed by atoms with Crippen molar-refractivity contribution in [3.8, 4) is 0 Å². The van der Waals surface area contributed by atoms with Crippen molar-refractivity contribution in [2.75, 3.05) is 39.4 Å². The van der Waals surface area contributed by atoms with Crippen LogP contribution in [0.3, 0.4) is 0 Å². The largest absolute Gasteiger partial charge is 0.436 e. The van der Waals surface area contributed by atoms with Crippen molar-refractivity contribution in [1.29, 1.82) is 0 Å². The number of ether oxygens (including phenoxy) is 1. The molecule has 1 unspecified atom stereocenters. The Morgan fingerprint density at radius 3 is 2.67 bits per heavy atom. The molecule has 0 aliphatic carbocycles. The first-order valence-corrected chi connectivity index (χ1v) is 9.14. The minimum absolute atomic E-state index is 0.142. The smallest absolute Gasteiger partial charge is 0.289 e. The molecule has 1 atom stereocenters. The number of oxazole rings is 1. The number of likely N-dealkylation sites (tertiary alicyclic amines) is 1. The van der Waals surface area contributed by atoms with E-state index in [1.165, 1.54) is 19.4 Å². The number of carbonyl (C=O) groups is 1. The summed E-state index contributed by atoms with van der Waals surface area (Å²) in [6.07, 6.45) is 4.78. The van der Waals surface area contributed by atoms with Crippen molar-refractivity contribution < 1.29 is 13.9 Å². The first kappa shape index (κ1) is 17.4. The van der Waals surface area contributed by atoms with Crippen molar-refractivity contribution in [2.24, 2.45) is 11.8 Å². The van der Waals surface area contributed by atoms with Gasteiger partial charge in [-0.3, -0.25) is 4.79 Å². The Morgan fingerprint density at radius 2 is 2.04 bits per heavy atom. The third kappa shape index (κ3) is 4.57. The molecular weight excluding hydrogens is 306 g/mol. The van der Waals surface area contributed by atoms with Gasteiger partial charge in [0.25, 0.3) is 5.91 Å². The number of carbonyl (C=O) groups excluding carboxylic acids is 1. The van der Waals surface area contributed by atoms with Gasteiger partial charge in [-0.2, -0.15) is 0 Å². The molecule has 1 amide bonds. The van der Waals surface area contributed by atoms with Gasteiger partial charge in [-0.15, -0.1) is 0 Å². The van der Waals surface area contributed by atoms with Crippen LogP contribution in [0.25, 0.3) is 0 Å². The lowest BCUT2D eigenvalue weighted by Crippen LogP contribution is -2.39. The second-order valence-electron chi connectivity index (χ2n) is 7.16. The number of hydrogen-bond donors (Lipinski definition) is 1. The van der Waals surface area contributed by atoms with Gasteiger partial charge in [0.15, 0.2) is 5.89 Å². The fraction of sp³-hybridized carbons (Fsp3) is 0.778. The molecule has 1 aromatic heterocycles. The van der Waals surface area contributed by atoms with Gasteiger partial charge in [0.05, 0.1) is 5.69 Å². The van der Waals surface area contributed by atoms with Gasteiger partial charge in [0.2, 0.25) is 5.76 Å². The standard InChI is InChI=1S/C18H29N3O3/c1-13-17(24-14(2)20-13)18(22)19-11-15-3-7-21(8-4-15)9-5-16-6-10-23-12-16/h15-16H,3-12H2,1-2H3,(H,19,22). The molecule has 2 aliphatic heterocycles. The first-order chi connectivity index (χ1) is 11.6. The lowest BCUT2D eigenvalue weighted by molar-refractivity contribution is 0.0905. The van der Waals surface area contributed by atoms with Gasteiger partial charge in [-0.25, -0.2) is 4.98 Å². The Labute approximate surface area is 143 Å². The lowest BCUT2D eigenvalue weighted by atomic mass is 9.96. The SMILES string of the molecule is Cc1nc(C)c(C(=O)NCC2CCN(CCC3CCOC3)CC2)o1. The van der Waals surface area contributed by atoms with Crippen LogP contribution in [0.1, 0.15) is 47.8 Å². The number of rotatable bonds is 6. The van der Waals surface area contributed by atoms with E-state index in [0.29, 0.717) is 23.3 Å². The van der Waals surface area contributed by atoms with E-state index in [9.17, 15) is 4.79 Å². The van der Waals surface area contributed by atoms with Crippen LogP contribution in [0.2, 0.25) is 0 Å². The molecule has 1 N–H and O–H groups in total. The molecule has 3 rings (SSSR count). The second kappa shape index (κ2) is 8.12. The number of aryl methyl sites for hydroxylation is 2. The highest BCUT2D eigenvalue weighted by Crippen LogP contribution is 2.20. The van der Waals surface area contributed by atoms with E-state index in [4.69, 9.17) is 9.15 Å². The second-order valence-corrected chi connectivity index (χ2v) is 7.16. The molecule has 3 heterocycles. The van der Waals surface area contributed by atoms with Crippen molar-refractivity contribution in [1.82, 2.24) is 15.2 Å². The molecule has 0 radical (unpaired) electrons. The van der Waals surface area contributed by atoms with E-state index in [2.05, 4.69) is 15.2 Å². The van der Waals surface area contributed by atoms with Crippen molar-refractivity contribution >= 4 is 5.91 Å². The Bertz CT molecular complexity index is 544. The normalized spacial score (nSPS) is 22.8. The van der Waals surface area contributed by atoms with Crippen LogP contribution < -0.4 is 5.32 Å². The zero-order valence-electron chi connectivity index (χ0n) is 14.8. The van der Waals surface area contributed by atoms with Gasteiger partial charge in [-0.05, 0) is 64.1 Å². The maximum atomic E-state index is 12.2. The van der Waals surface area contributed by atoms with E-state index in [1.807, 2.05) is 0 Å². The van der Waals surface area contributed by atoms with Crippen molar-refractivity contribution in [3.05, 3.63) is 17.3 Å². The molecule has 6 heteroatoms. The molecule has 2 aliphatic rings. The van der Waals surface area contributed by atoms with E-state index in [-0.39, 0.29) is 5.91 Å². The minimum atomic E-state index is -0.142. The predicted octanol–water partition coefficient (Wildman–Crippen LogP) is 2.16. The third-order valence-electron chi connectivity index (χ3n) is 5.25. The molecule has 2 fully saturated rings. The molecule has 2 saturated heterocycles. The highest BCUT2D eigenvalue weighted by molar-refractivity contribution is 5.92. The summed E-state index contributed by atoms with van der Waals surface area (Å²) in [4.78, 5) is 18.9. The number of nitrogens with one attached hydrogen (secondary N) is 1. The van der Waals surface area contributed by atoms with E-state index in [1.54, 1.807) is 13.8 Å². The van der Waals surface area contributed by atoms with Crippen LogP contribution in [-0.4, -0.2) is 55.2 Å². The molecule has 0 spiro atoms. The van der Waals surface area contributed by atoms with Crippen LogP contribution in [0.5, 0.6) is 0 Å². The van der Waals surface area contributed by atoms with E-state index < -0.39 is 0 Å². The van der Waals surface area contributed by atoms with Crippen LogP contribution in [-0.2, 0) is 4.74 Å². The Kier molecular flexibility index (Phi) is 5.89. The number of aromatic nitrogens is 1. The molecule has 6 nitrogen and oxygen atoms in total. The van der Waals surface area contributed by atoms with Gasteiger partial charge in [-0.1, -0.05) is 0 Å². The molecule has 0 saturated carbocycles. The highest BCUT2D eigenvalue weighted by atomic mass is 16.5. The Morgan fingerprint density at radius 1 is 1.25 bits per heavy atom. The fourth-order valence-corrected chi connectivity index (χ4v) is 3.65. The fourth-order valence-electron chi connectivity index (χ4n) is 3.65. The van der Waals surface area contributed by atoms with Crippen LogP contribution in [0.4, 0.5) is 0 Å². The molecule has 134 valence electrons. The van der Waals surface area contributed by atoms with Gasteiger partial charge >= 0.3 is 0 Å². The number of amides is 1. The van der Waals surface area contributed by atoms with Crippen molar-refractivity contribution in [2.45, 2.75) is 39.5 Å². The summed E-state index contributed by atoms with van der Waals surface area (Å²) in [5.41, 5.74) is 0.663. The van der Waals surface area contributed by atoms with E-state index in [0.717, 1.165) is 51.6 Å². The number of nitrogens with zero attached hydrogens (tertiary/aromatic N) is 2. The summed E-state index contributed by atoms with van der Waals surface area (Å²) in [6, 6.07) is 0. The van der Waals surface area contributed by atoms with Crippen LogP contribution >= 0.6 is 0 Å². The average molecular weight is 335 g/mol. The number of hydrogen-bond acceptors (Lipinski definition) is 5. The highest BCUT2D eigenvalue weighted by Gasteiger charge is 2.23. The molecular formula is C18H29N3O3. The Hall–Kier alpha value is -1.40. The predicted molar refractivity (Wildman–Crippen MR) is 91.0 cm³/mol. The zero-order chi connectivity index (χ0) is 16.9. The average Bonchev–Trinajstić information content (AvgIpc) is 3.21. The minimum Gasteiger partial charge on any atom is -0.436 e. The summed E-state index contributed by atoms with van der Waals surface area (Å²) in [7, 11) is 0. The van der Waals surface area contributed by atoms with Gasteiger partial charge < -0.3 is 19.4 Å². The van der Waals surface area contributed by atoms with Gasteiger partial charge in [0.1, 0.15) is 0 Å². The van der Waals surface area contributed by atoms with Crippen molar-refractivity contribution in [3.63, 3.8) is 0 Å². The molecule has 0 bridgehead atoms. The monoisotopic (exact) mass is 335 g/mol. The molecule has 0 aromatic carbocycles. The summed E-state index contributed by atoms with van der Waals surface area (Å²) in [5, 5.41) is 3.01. The summed E-state index contributed by atoms with van der Waals surface area (Å²) >= 11 is 0. The summed E-state index contributed by atoms with van der Waals surface area (Å²) in [6.45, 7) is 9.63. The van der Waals surface area contributed by atoms with Gasteiger partial charge in [0, 0.05) is 26.7 Å². The Balaban J connectivity index is 1.34. The third-order valence-corrected chi connectivity index (χ3v) is 5.25. The summed E-state index contributed by atoms with van der Waals surface area (Å²) in [5.74, 6) is 2.07. The topological polar surface area (TPSA) is 67.6 Å².